The van der Waals surface area contributed by atoms with Gasteiger partial charge in [-0.05, 0) is 41.0 Å². The molecule has 0 aliphatic carbocycles. The number of carbonyl (C=O) groups is 1. The minimum absolute atomic E-state index is 0.288. The zero-order chi connectivity index (χ0) is 18.6. The standard InChI is InChI=1S/C21H15F3O2/c22-21(23,24)19-8-4-7-16(12-19)17-9-10-20(18(11-17)13-25)26-14-15-5-2-1-3-6-15/h1-13H,14H2. The Morgan fingerprint density at radius 2 is 1.58 bits per heavy atom. The molecule has 0 saturated heterocycles. The van der Waals surface area contributed by atoms with Crippen LogP contribution >= 0.6 is 0 Å². The van der Waals surface area contributed by atoms with E-state index in [1.807, 2.05) is 30.3 Å². The van der Waals surface area contributed by atoms with Crippen molar-refractivity contribution in [1.29, 1.82) is 0 Å². The summed E-state index contributed by atoms with van der Waals surface area (Å²) < 4.78 is 44.3. The van der Waals surface area contributed by atoms with E-state index in [-0.39, 0.29) is 5.56 Å². The van der Waals surface area contributed by atoms with Crippen molar-refractivity contribution < 1.29 is 22.7 Å². The lowest BCUT2D eigenvalue weighted by atomic mass is 10.0. The topological polar surface area (TPSA) is 26.3 Å². The number of halogens is 3. The van der Waals surface area contributed by atoms with E-state index < -0.39 is 11.7 Å². The maximum Gasteiger partial charge on any atom is 0.416 e. The van der Waals surface area contributed by atoms with Gasteiger partial charge in [-0.1, -0.05) is 48.5 Å². The molecule has 26 heavy (non-hydrogen) atoms. The van der Waals surface area contributed by atoms with Gasteiger partial charge in [0.05, 0.1) is 11.1 Å². The van der Waals surface area contributed by atoms with Gasteiger partial charge in [0.15, 0.2) is 6.29 Å². The second-order valence-electron chi connectivity index (χ2n) is 5.72. The Labute approximate surface area is 148 Å². The Hall–Kier alpha value is -3.08. The van der Waals surface area contributed by atoms with Crippen molar-refractivity contribution in [1.82, 2.24) is 0 Å². The van der Waals surface area contributed by atoms with Gasteiger partial charge < -0.3 is 4.74 Å². The van der Waals surface area contributed by atoms with Gasteiger partial charge in [-0.2, -0.15) is 13.2 Å². The van der Waals surface area contributed by atoms with E-state index >= 15 is 0 Å². The van der Waals surface area contributed by atoms with Gasteiger partial charge in [-0.25, -0.2) is 0 Å². The van der Waals surface area contributed by atoms with Crippen LogP contribution < -0.4 is 4.74 Å². The molecule has 132 valence electrons. The van der Waals surface area contributed by atoms with Crippen LogP contribution in [0.2, 0.25) is 0 Å². The Bertz CT molecular complexity index is 903. The highest BCUT2D eigenvalue weighted by Gasteiger charge is 2.30. The molecule has 3 aromatic rings. The monoisotopic (exact) mass is 356 g/mol. The molecule has 0 atom stereocenters. The third-order valence-electron chi connectivity index (χ3n) is 3.90. The molecule has 0 heterocycles. The van der Waals surface area contributed by atoms with Crippen LogP contribution in [0.15, 0.2) is 72.8 Å². The van der Waals surface area contributed by atoms with Gasteiger partial charge in [0, 0.05) is 0 Å². The highest BCUT2D eigenvalue weighted by atomic mass is 19.4. The zero-order valence-electron chi connectivity index (χ0n) is 13.7. The molecule has 0 spiro atoms. The van der Waals surface area contributed by atoms with Crippen LogP contribution in [0.25, 0.3) is 11.1 Å². The predicted octanol–water partition coefficient (Wildman–Crippen LogP) is 5.76. The lowest BCUT2D eigenvalue weighted by Gasteiger charge is -2.12. The number of carbonyl (C=O) groups excluding carboxylic acids is 1. The van der Waals surface area contributed by atoms with Crippen LogP contribution in [0.4, 0.5) is 13.2 Å². The number of aldehydes is 1. The first-order chi connectivity index (χ1) is 12.5. The average Bonchev–Trinajstić information content (AvgIpc) is 2.66. The summed E-state index contributed by atoms with van der Waals surface area (Å²) in [6.45, 7) is 0.296. The van der Waals surface area contributed by atoms with Crippen LogP contribution in [0, 0.1) is 0 Å². The quantitative estimate of drug-likeness (QED) is 0.543. The summed E-state index contributed by atoms with van der Waals surface area (Å²) >= 11 is 0. The predicted molar refractivity (Wildman–Crippen MR) is 93.0 cm³/mol. The first-order valence-corrected chi connectivity index (χ1v) is 7.91. The molecule has 2 nitrogen and oxygen atoms in total. The molecule has 0 unspecified atom stereocenters. The zero-order valence-corrected chi connectivity index (χ0v) is 13.7. The molecular weight excluding hydrogens is 341 g/mol. The van der Waals surface area contributed by atoms with Gasteiger partial charge in [0.1, 0.15) is 12.4 Å². The fourth-order valence-electron chi connectivity index (χ4n) is 2.56. The largest absolute Gasteiger partial charge is 0.488 e. The third-order valence-corrected chi connectivity index (χ3v) is 3.90. The van der Waals surface area contributed by atoms with Gasteiger partial charge in [-0.3, -0.25) is 4.79 Å². The van der Waals surface area contributed by atoms with E-state index in [0.717, 1.165) is 17.7 Å². The molecule has 0 radical (unpaired) electrons. The van der Waals surface area contributed by atoms with Crippen molar-refractivity contribution in [2.75, 3.05) is 0 Å². The Morgan fingerprint density at radius 3 is 2.27 bits per heavy atom. The third kappa shape index (κ3) is 4.11. The van der Waals surface area contributed by atoms with E-state index in [2.05, 4.69) is 0 Å². The van der Waals surface area contributed by atoms with Gasteiger partial charge in [0.2, 0.25) is 0 Å². The van der Waals surface area contributed by atoms with E-state index in [0.29, 0.717) is 29.8 Å². The maximum atomic E-state index is 12.9. The smallest absolute Gasteiger partial charge is 0.416 e. The first kappa shape index (κ1) is 17.7. The maximum absolute atomic E-state index is 12.9. The van der Waals surface area contributed by atoms with E-state index in [9.17, 15) is 18.0 Å². The molecule has 0 aliphatic rings. The summed E-state index contributed by atoms with van der Waals surface area (Å²) in [6, 6.07) is 19.2. The van der Waals surface area contributed by atoms with Crippen LogP contribution in [-0.4, -0.2) is 6.29 Å². The number of ether oxygens (including phenoxy) is 1. The minimum atomic E-state index is -4.41. The fraction of sp³-hybridized carbons (Fsp3) is 0.0952. The normalized spacial score (nSPS) is 11.2. The van der Waals surface area contributed by atoms with Crippen molar-refractivity contribution in [2.24, 2.45) is 0 Å². The molecule has 0 fully saturated rings. The van der Waals surface area contributed by atoms with Crippen molar-refractivity contribution >= 4 is 6.29 Å². The summed E-state index contributed by atoms with van der Waals surface area (Å²) in [5.41, 5.74) is 1.41. The molecule has 0 saturated carbocycles. The second kappa shape index (κ2) is 7.44. The molecular formula is C21H15F3O2. The molecule has 0 aliphatic heterocycles. The number of benzene rings is 3. The summed E-state index contributed by atoms with van der Waals surface area (Å²) in [5, 5.41) is 0. The Morgan fingerprint density at radius 1 is 0.846 bits per heavy atom. The van der Waals surface area contributed by atoms with Gasteiger partial charge in [0.25, 0.3) is 0 Å². The lowest BCUT2D eigenvalue weighted by Crippen LogP contribution is -2.04. The summed E-state index contributed by atoms with van der Waals surface area (Å²) in [6.07, 6.45) is -3.78. The van der Waals surface area contributed by atoms with Crippen LogP contribution in [0.1, 0.15) is 21.5 Å². The number of rotatable bonds is 5. The molecule has 0 amide bonds. The van der Waals surface area contributed by atoms with Gasteiger partial charge >= 0.3 is 6.18 Å². The molecule has 3 aromatic carbocycles. The fourth-order valence-corrected chi connectivity index (χ4v) is 2.56. The van der Waals surface area contributed by atoms with Gasteiger partial charge in [-0.15, -0.1) is 0 Å². The first-order valence-electron chi connectivity index (χ1n) is 7.91. The summed E-state index contributed by atoms with van der Waals surface area (Å²) in [5.74, 6) is 0.388. The van der Waals surface area contributed by atoms with Crippen molar-refractivity contribution in [3.8, 4) is 16.9 Å². The summed E-state index contributed by atoms with van der Waals surface area (Å²) in [4.78, 5) is 11.4. The van der Waals surface area contributed by atoms with Crippen LogP contribution in [0.3, 0.4) is 0 Å². The minimum Gasteiger partial charge on any atom is -0.488 e. The Kier molecular flexibility index (Phi) is 5.07. The lowest BCUT2D eigenvalue weighted by molar-refractivity contribution is -0.137. The van der Waals surface area contributed by atoms with Crippen LogP contribution in [0.5, 0.6) is 5.75 Å². The summed E-state index contributed by atoms with van der Waals surface area (Å²) in [7, 11) is 0. The van der Waals surface area contributed by atoms with E-state index in [1.165, 1.54) is 12.1 Å². The van der Waals surface area contributed by atoms with Crippen molar-refractivity contribution in [2.45, 2.75) is 12.8 Å². The molecule has 5 heteroatoms. The number of hydrogen-bond donors (Lipinski definition) is 0. The molecule has 0 aromatic heterocycles. The van der Waals surface area contributed by atoms with Crippen LogP contribution in [-0.2, 0) is 12.8 Å². The molecule has 0 bridgehead atoms. The SMILES string of the molecule is O=Cc1cc(-c2cccc(C(F)(F)F)c2)ccc1OCc1ccccc1. The van der Waals surface area contributed by atoms with Crippen molar-refractivity contribution in [3.05, 3.63) is 89.5 Å². The van der Waals surface area contributed by atoms with E-state index in [1.54, 1.807) is 18.2 Å². The van der Waals surface area contributed by atoms with E-state index in [4.69, 9.17) is 4.74 Å². The molecule has 3 rings (SSSR count). The van der Waals surface area contributed by atoms with Crippen molar-refractivity contribution in [3.63, 3.8) is 0 Å². The highest BCUT2D eigenvalue weighted by Crippen LogP contribution is 2.33. The average molecular weight is 356 g/mol. The number of hydrogen-bond acceptors (Lipinski definition) is 2. The molecule has 0 N–H and O–H groups in total. The highest BCUT2D eigenvalue weighted by molar-refractivity contribution is 5.83. The number of alkyl halides is 3. The Balaban J connectivity index is 1.86. The second-order valence-corrected chi connectivity index (χ2v) is 5.72.